The van der Waals surface area contributed by atoms with Gasteiger partial charge in [0, 0.05) is 35.1 Å². The average molecular weight is 372 g/mol. The highest BCUT2D eigenvalue weighted by atomic mass is 35.5. The van der Waals surface area contributed by atoms with Gasteiger partial charge in [-0.15, -0.1) is 0 Å². The number of aromatic nitrogens is 4. The Balaban J connectivity index is 1.57. The van der Waals surface area contributed by atoms with Crippen LogP contribution in [0.15, 0.2) is 30.3 Å². The van der Waals surface area contributed by atoms with Crippen molar-refractivity contribution in [3.8, 4) is 5.69 Å². The lowest BCUT2D eigenvalue weighted by Crippen LogP contribution is -2.18. The maximum absolute atomic E-state index is 5.98. The maximum atomic E-state index is 5.98. The molecule has 0 aliphatic rings. The van der Waals surface area contributed by atoms with Crippen molar-refractivity contribution in [1.29, 1.82) is 0 Å². The molecule has 0 saturated heterocycles. The van der Waals surface area contributed by atoms with Gasteiger partial charge in [0.1, 0.15) is 0 Å². The summed E-state index contributed by atoms with van der Waals surface area (Å²) in [6.07, 6.45) is 1.05. The molecule has 6 heteroatoms. The molecule has 0 fully saturated rings. The van der Waals surface area contributed by atoms with Gasteiger partial charge in [-0.25, -0.2) is 4.68 Å². The van der Waals surface area contributed by atoms with Crippen LogP contribution in [0.2, 0.25) is 5.02 Å². The lowest BCUT2D eigenvalue weighted by atomic mass is 10.2. The zero-order valence-electron chi connectivity index (χ0n) is 15.9. The number of rotatable bonds is 7. The molecule has 0 aliphatic heterocycles. The summed E-state index contributed by atoms with van der Waals surface area (Å²) in [5, 5.41) is 13.5. The van der Waals surface area contributed by atoms with E-state index >= 15 is 0 Å². The molecule has 0 spiro atoms. The Morgan fingerprint density at radius 2 is 1.77 bits per heavy atom. The second-order valence-electron chi connectivity index (χ2n) is 6.72. The van der Waals surface area contributed by atoms with Gasteiger partial charge >= 0.3 is 0 Å². The average Bonchev–Trinajstić information content (AvgIpc) is 3.07. The van der Waals surface area contributed by atoms with Crippen molar-refractivity contribution in [1.82, 2.24) is 24.9 Å². The Morgan fingerprint density at radius 3 is 2.42 bits per heavy atom. The fraction of sp³-hybridized carbons (Fsp3) is 0.400. The zero-order chi connectivity index (χ0) is 18.7. The predicted molar refractivity (Wildman–Crippen MR) is 106 cm³/mol. The normalized spacial score (nSPS) is 11.3. The topological polar surface area (TPSA) is 47.7 Å². The molecule has 0 amide bonds. The van der Waals surface area contributed by atoms with Gasteiger partial charge < -0.3 is 5.32 Å². The third kappa shape index (κ3) is 4.17. The first kappa shape index (κ1) is 18.7. The van der Waals surface area contributed by atoms with Gasteiger partial charge in [0.15, 0.2) is 0 Å². The van der Waals surface area contributed by atoms with Crippen molar-refractivity contribution in [2.45, 2.75) is 47.2 Å². The van der Waals surface area contributed by atoms with Crippen LogP contribution in [-0.2, 0) is 13.1 Å². The summed E-state index contributed by atoms with van der Waals surface area (Å²) in [5.41, 5.74) is 6.81. The highest BCUT2D eigenvalue weighted by Gasteiger charge is 2.12. The molecular formula is C20H26ClN5. The van der Waals surface area contributed by atoms with E-state index in [0.29, 0.717) is 0 Å². The summed E-state index contributed by atoms with van der Waals surface area (Å²) in [7, 11) is 0. The summed E-state index contributed by atoms with van der Waals surface area (Å²) >= 11 is 5.98. The fourth-order valence-corrected chi connectivity index (χ4v) is 3.36. The van der Waals surface area contributed by atoms with Crippen molar-refractivity contribution in [3.05, 3.63) is 63.7 Å². The van der Waals surface area contributed by atoms with Gasteiger partial charge in [-0.05, 0) is 71.0 Å². The molecule has 3 aromatic rings. The Morgan fingerprint density at radius 1 is 1.04 bits per heavy atom. The smallest absolute Gasteiger partial charge is 0.0649 e. The molecule has 3 rings (SSSR count). The number of halogens is 1. The Bertz CT molecular complexity index is 876. The van der Waals surface area contributed by atoms with Crippen LogP contribution in [0, 0.1) is 27.7 Å². The monoisotopic (exact) mass is 371 g/mol. The van der Waals surface area contributed by atoms with Gasteiger partial charge in [0.05, 0.1) is 17.1 Å². The molecule has 0 aliphatic carbocycles. The number of hydrogen-bond acceptors (Lipinski definition) is 3. The summed E-state index contributed by atoms with van der Waals surface area (Å²) < 4.78 is 4.06. The van der Waals surface area contributed by atoms with E-state index in [2.05, 4.69) is 41.9 Å². The lowest BCUT2D eigenvalue weighted by Gasteiger charge is -2.08. The van der Waals surface area contributed by atoms with Crippen LogP contribution in [0.25, 0.3) is 5.69 Å². The third-order valence-corrected chi connectivity index (χ3v) is 4.89. The van der Waals surface area contributed by atoms with Crippen LogP contribution < -0.4 is 5.32 Å². The molecular weight excluding hydrogens is 346 g/mol. The number of nitrogens with zero attached hydrogens (tertiary/aromatic N) is 4. The predicted octanol–water partition coefficient (Wildman–Crippen LogP) is 4.14. The number of hydrogen-bond donors (Lipinski definition) is 1. The minimum absolute atomic E-state index is 0.736. The number of benzene rings is 1. The van der Waals surface area contributed by atoms with Crippen LogP contribution in [0.5, 0.6) is 0 Å². The molecule has 2 aromatic heterocycles. The van der Waals surface area contributed by atoms with Gasteiger partial charge in [-0.3, -0.25) is 4.68 Å². The van der Waals surface area contributed by atoms with E-state index in [-0.39, 0.29) is 0 Å². The van der Waals surface area contributed by atoms with Crippen molar-refractivity contribution in [3.63, 3.8) is 0 Å². The third-order valence-electron chi connectivity index (χ3n) is 4.64. The highest BCUT2D eigenvalue weighted by Crippen LogP contribution is 2.19. The summed E-state index contributed by atoms with van der Waals surface area (Å²) in [6.45, 7) is 11.0. The Hall–Kier alpha value is -2.11. The van der Waals surface area contributed by atoms with Gasteiger partial charge in [0.25, 0.3) is 0 Å². The summed E-state index contributed by atoms with van der Waals surface area (Å²) in [6, 6.07) is 9.89. The molecule has 1 N–H and O–H groups in total. The van der Waals surface area contributed by atoms with Gasteiger partial charge in [0.2, 0.25) is 0 Å². The first-order chi connectivity index (χ1) is 12.5. The Labute approximate surface area is 160 Å². The quantitative estimate of drug-likeness (QED) is 0.635. The van der Waals surface area contributed by atoms with E-state index in [0.717, 1.165) is 53.8 Å². The van der Waals surface area contributed by atoms with Crippen LogP contribution in [-0.4, -0.2) is 26.1 Å². The van der Waals surface area contributed by atoms with E-state index in [1.165, 1.54) is 11.3 Å². The lowest BCUT2D eigenvalue weighted by molar-refractivity contribution is 0.531. The molecule has 0 saturated carbocycles. The van der Waals surface area contributed by atoms with Crippen LogP contribution in [0.1, 0.15) is 34.8 Å². The van der Waals surface area contributed by atoms with E-state index in [9.17, 15) is 0 Å². The summed E-state index contributed by atoms with van der Waals surface area (Å²) in [4.78, 5) is 0. The second kappa shape index (κ2) is 8.06. The van der Waals surface area contributed by atoms with Crippen molar-refractivity contribution in [2.75, 3.05) is 6.54 Å². The number of nitrogens with one attached hydrogen (secondary N) is 1. The van der Waals surface area contributed by atoms with E-state index in [1.54, 1.807) is 0 Å². The molecule has 0 atom stereocenters. The second-order valence-corrected chi connectivity index (χ2v) is 7.15. The summed E-state index contributed by atoms with van der Waals surface area (Å²) in [5.74, 6) is 0. The van der Waals surface area contributed by atoms with E-state index in [1.807, 2.05) is 35.9 Å². The first-order valence-corrected chi connectivity index (χ1v) is 9.36. The van der Waals surface area contributed by atoms with Gasteiger partial charge in [-0.1, -0.05) is 11.6 Å². The zero-order valence-corrected chi connectivity index (χ0v) is 16.6. The van der Waals surface area contributed by atoms with Crippen LogP contribution >= 0.6 is 11.6 Å². The standard InChI is InChI=1S/C20H26ClN5/c1-14-12-15(2)25(23-14)11-5-10-22-13-20-16(3)24-26(17(20)4)19-8-6-18(21)7-9-19/h6-9,12,22H,5,10-11,13H2,1-4H3. The van der Waals surface area contributed by atoms with Crippen molar-refractivity contribution < 1.29 is 0 Å². The minimum Gasteiger partial charge on any atom is -0.312 e. The van der Waals surface area contributed by atoms with Crippen molar-refractivity contribution >= 4 is 11.6 Å². The van der Waals surface area contributed by atoms with Gasteiger partial charge in [-0.2, -0.15) is 10.2 Å². The molecule has 26 heavy (non-hydrogen) atoms. The minimum atomic E-state index is 0.736. The maximum Gasteiger partial charge on any atom is 0.0649 e. The molecule has 0 radical (unpaired) electrons. The fourth-order valence-electron chi connectivity index (χ4n) is 3.23. The molecule has 0 bridgehead atoms. The SMILES string of the molecule is Cc1cc(C)n(CCCNCc2c(C)nn(-c3ccc(Cl)cc3)c2C)n1. The molecule has 1 aromatic carbocycles. The molecule has 0 unspecified atom stereocenters. The molecule has 5 nitrogen and oxygen atoms in total. The Kier molecular flexibility index (Phi) is 5.79. The largest absolute Gasteiger partial charge is 0.312 e. The van der Waals surface area contributed by atoms with Crippen LogP contribution in [0.3, 0.4) is 0 Å². The van der Waals surface area contributed by atoms with E-state index in [4.69, 9.17) is 16.7 Å². The number of aryl methyl sites for hydroxylation is 4. The van der Waals surface area contributed by atoms with Crippen molar-refractivity contribution in [2.24, 2.45) is 0 Å². The van der Waals surface area contributed by atoms with Crippen LogP contribution in [0.4, 0.5) is 0 Å². The first-order valence-electron chi connectivity index (χ1n) is 8.98. The molecule has 2 heterocycles. The highest BCUT2D eigenvalue weighted by molar-refractivity contribution is 6.30. The molecule has 138 valence electrons. The van der Waals surface area contributed by atoms with E-state index < -0.39 is 0 Å².